The van der Waals surface area contributed by atoms with Crippen LogP contribution in [0.3, 0.4) is 0 Å². The van der Waals surface area contributed by atoms with E-state index < -0.39 is 0 Å². The van der Waals surface area contributed by atoms with Crippen LogP contribution in [0.4, 0.5) is 0 Å². The Kier molecular flexibility index (Phi) is 4.66. The number of rotatable bonds is 3. The Morgan fingerprint density at radius 1 is 1.39 bits per heavy atom. The van der Waals surface area contributed by atoms with Crippen molar-refractivity contribution in [2.75, 3.05) is 13.1 Å². The SMILES string of the molecule is C[C@H]1CCCC[NH+]1CC(=O)c1cc(Cl)ccc1Cl. The minimum Gasteiger partial charge on any atom is -0.326 e. The largest absolute Gasteiger partial charge is 0.326 e. The van der Waals surface area contributed by atoms with Gasteiger partial charge in [-0.1, -0.05) is 23.2 Å². The lowest BCUT2D eigenvalue weighted by molar-refractivity contribution is -0.920. The lowest BCUT2D eigenvalue weighted by Gasteiger charge is -2.29. The molecule has 1 aliphatic heterocycles. The van der Waals surface area contributed by atoms with Crippen LogP contribution in [0.25, 0.3) is 0 Å². The van der Waals surface area contributed by atoms with E-state index in [0.29, 0.717) is 28.2 Å². The third-order valence-electron chi connectivity index (χ3n) is 3.70. The minimum absolute atomic E-state index is 0.0891. The molecule has 2 atom stereocenters. The zero-order chi connectivity index (χ0) is 13.1. The fourth-order valence-corrected chi connectivity index (χ4v) is 2.92. The van der Waals surface area contributed by atoms with Crippen molar-refractivity contribution in [3.8, 4) is 0 Å². The molecule has 1 heterocycles. The van der Waals surface area contributed by atoms with Crippen LogP contribution >= 0.6 is 23.2 Å². The third-order valence-corrected chi connectivity index (χ3v) is 4.26. The van der Waals surface area contributed by atoms with Crippen molar-refractivity contribution in [3.63, 3.8) is 0 Å². The van der Waals surface area contributed by atoms with Crippen LogP contribution in [0.1, 0.15) is 36.5 Å². The van der Waals surface area contributed by atoms with Crippen molar-refractivity contribution in [1.82, 2.24) is 0 Å². The summed E-state index contributed by atoms with van der Waals surface area (Å²) in [5, 5.41) is 1.05. The second-order valence-corrected chi connectivity index (χ2v) is 5.87. The molecule has 1 N–H and O–H groups in total. The van der Waals surface area contributed by atoms with Gasteiger partial charge in [0.05, 0.1) is 17.6 Å². The predicted octanol–water partition coefficient (Wildman–Crippen LogP) is 2.63. The zero-order valence-corrected chi connectivity index (χ0v) is 12.0. The average molecular weight is 287 g/mol. The van der Waals surface area contributed by atoms with E-state index in [1.807, 2.05) is 0 Å². The number of hydrogen-bond donors (Lipinski definition) is 1. The number of carbonyl (C=O) groups excluding carboxylic acids is 1. The summed E-state index contributed by atoms with van der Waals surface area (Å²) in [6, 6.07) is 5.62. The van der Waals surface area contributed by atoms with Gasteiger partial charge >= 0.3 is 0 Å². The van der Waals surface area contributed by atoms with Gasteiger partial charge in [-0.25, -0.2) is 0 Å². The molecular weight excluding hydrogens is 269 g/mol. The fraction of sp³-hybridized carbons (Fsp3) is 0.500. The van der Waals surface area contributed by atoms with Gasteiger partial charge in [-0.05, 0) is 44.4 Å². The standard InChI is InChI=1S/C14H17Cl2NO/c1-10-4-2-3-7-17(10)9-14(18)12-8-11(15)5-6-13(12)16/h5-6,8,10H,2-4,7,9H2,1H3/p+1/t10-/m0/s1. The summed E-state index contributed by atoms with van der Waals surface area (Å²) in [6.45, 7) is 3.80. The second-order valence-electron chi connectivity index (χ2n) is 5.03. The van der Waals surface area contributed by atoms with Crippen LogP contribution in [-0.2, 0) is 0 Å². The molecule has 98 valence electrons. The topological polar surface area (TPSA) is 21.5 Å². The van der Waals surface area contributed by atoms with Gasteiger partial charge in [-0.3, -0.25) is 4.79 Å². The van der Waals surface area contributed by atoms with Crippen molar-refractivity contribution in [2.24, 2.45) is 0 Å². The number of carbonyl (C=O) groups is 1. The van der Waals surface area contributed by atoms with Crippen LogP contribution in [0, 0.1) is 0 Å². The van der Waals surface area contributed by atoms with Gasteiger partial charge in [-0.15, -0.1) is 0 Å². The molecule has 0 spiro atoms. The first-order valence-electron chi connectivity index (χ1n) is 6.41. The van der Waals surface area contributed by atoms with E-state index in [2.05, 4.69) is 6.92 Å². The maximum atomic E-state index is 12.3. The molecular formula is C14H18Cl2NO+. The Bertz CT molecular complexity index is 447. The second kappa shape index (κ2) is 6.05. The van der Waals surface area contributed by atoms with Crippen LogP contribution in [0.2, 0.25) is 10.0 Å². The zero-order valence-electron chi connectivity index (χ0n) is 10.5. The monoisotopic (exact) mass is 286 g/mol. The number of ketones is 1. The molecule has 0 bridgehead atoms. The molecule has 0 aliphatic carbocycles. The summed E-state index contributed by atoms with van der Waals surface area (Å²) >= 11 is 12.0. The number of piperidine rings is 1. The van der Waals surface area contributed by atoms with Gasteiger partial charge in [0.2, 0.25) is 5.78 Å². The number of benzene rings is 1. The summed E-state index contributed by atoms with van der Waals surface area (Å²) in [7, 11) is 0. The first-order valence-corrected chi connectivity index (χ1v) is 7.16. The van der Waals surface area contributed by atoms with E-state index in [0.717, 1.165) is 6.54 Å². The van der Waals surface area contributed by atoms with E-state index in [1.54, 1.807) is 18.2 Å². The van der Waals surface area contributed by atoms with Gasteiger partial charge in [0.25, 0.3) is 0 Å². The molecule has 2 nitrogen and oxygen atoms in total. The van der Waals surface area contributed by atoms with Crippen LogP contribution in [-0.4, -0.2) is 24.9 Å². The van der Waals surface area contributed by atoms with Crippen molar-refractivity contribution in [2.45, 2.75) is 32.2 Å². The summed E-state index contributed by atoms with van der Waals surface area (Å²) in [5.74, 6) is 0.0891. The molecule has 0 saturated carbocycles. The number of nitrogens with one attached hydrogen (secondary N) is 1. The highest BCUT2D eigenvalue weighted by molar-refractivity contribution is 6.35. The van der Waals surface area contributed by atoms with Crippen LogP contribution < -0.4 is 4.90 Å². The molecule has 1 aliphatic rings. The van der Waals surface area contributed by atoms with Gasteiger partial charge in [0.1, 0.15) is 6.54 Å². The number of quaternary nitrogens is 1. The first kappa shape index (κ1) is 13.9. The van der Waals surface area contributed by atoms with E-state index in [-0.39, 0.29) is 5.78 Å². The number of likely N-dealkylation sites (tertiary alicyclic amines) is 1. The van der Waals surface area contributed by atoms with Crippen LogP contribution in [0.5, 0.6) is 0 Å². The normalized spacial score (nSPS) is 23.9. The molecule has 0 radical (unpaired) electrons. The molecule has 1 fully saturated rings. The van der Waals surface area contributed by atoms with Crippen molar-refractivity contribution < 1.29 is 9.69 Å². The Morgan fingerprint density at radius 2 is 2.17 bits per heavy atom. The van der Waals surface area contributed by atoms with Gasteiger partial charge in [0.15, 0.2) is 0 Å². The van der Waals surface area contributed by atoms with E-state index in [4.69, 9.17) is 23.2 Å². The summed E-state index contributed by atoms with van der Waals surface area (Å²) in [6.07, 6.45) is 3.68. The molecule has 1 aromatic carbocycles. The van der Waals surface area contributed by atoms with Crippen molar-refractivity contribution >= 4 is 29.0 Å². The highest BCUT2D eigenvalue weighted by Gasteiger charge is 2.25. The molecule has 18 heavy (non-hydrogen) atoms. The van der Waals surface area contributed by atoms with E-state index >= 15 is 0 Å². The minimum atomic E-state index is 0.0891. The van der Waals surface area contributed by atoms with E-state index in [9.17, 15) is 4.79 Å². The Labute approximate surface area is 118 Å². The highest BCUT2D eigenvalue weighted by atomic mass is 35.5. The molecule has 0 amide bonds. The van der Waals surface area contributed by atoms with Crippen molar-refractivity contribution in [3.05, 3.63) is 33.8 Å². The van der Waals surface area contributed by atoms with E-state index in [1.165, 1.54) is 24.2 Å². The Hall–Kier alpha value is -0.570. The van der Waals surface area contributed by atoms with Gasteiger partial charge in [-0.2, -0.15) is 0 Å². The lowest BCUT2D eigenvalue weighted by Crippen LogP contribution is -3.16. The summed E-state index contributed by atoms with van der Waals surface area (Å²) in [5.41, 5.74) is 0.550. The summed E-state index contributed by atoms with van der Waals surface area (Å²) in [4.78, 5) is 13.6. The first-order chi connectivity index (χ1) is 8.58. The quantitative estimate of drug-likeness (QED) is 0.848. The third kappa shape index (κ3) is 3.25. The van der Waals surface area contributed by atoms with Crippen LogP contribution in [0.15, 0.2) is 18.2 Å². The number of Topliss-reactive ketones (excluding diaryl/α,β-unsaturated/α-hetero) is 1. The van der Waals surface area contributed by atoms with Gasteiger partial charge in [0, 0.05) is 10.6 Å². The van der Waals surface area contributed by atoms with Crippen molar-refractivity contribution in [1.29, 1.82) is 0 Å². The maximum Gasteiger partial charge on any atom is 0.218 e. The molecule has 4 heteroatoms. The fourth-order valence-electron chi connectivity index (χ4n) is 2.53. The molecule has 1 aromatic rings. The number of halogens is 2. The Balaban J connectivity index is 2.09. The number of hydrogen-bond acceptors (Lipinski definition) is 1. The molecule has 1 unspecified atom stereocenters. The summed E-state index contributed by atoms with van der Waals surface area (Å²) < 4.78 is 0. The lowest BCUT2D eigenvalue weighted by atomic mass is 10.0. The molecule has 0 aromatic heterocycles. The van der Waals surface area contributed by atoms with Gasteiger partial charge < -0.3 is 4.90 Å². The molecule has 1 saturated heterocycles. The Morgan fingerprint density at radius 3 is 2.89 bits per heavy atom. The maximum absolute atomic E-state index is 12.3. The molecule has 2 rings (SSSR count). The predicted molar refractivity (Wildman–Crippen MR) is 74.8 cm³/mol. The average Bonchev–Trinajstić information content (AvgIpc) is 2.35. The smallest absolute Gasteiger partial charge is 0.218 e. The highest BCUT2D eigenvalue weighted by Crippen LogP contribution is 2.20.